The topological polar surface area (TPSA) is 104 Å². The van der Waals surface area contributed by atoms with Crippen LogP contribution < -0.4 is 0 Å². The molecule has 1 aromatic carbocycles. The summed E-state index contributed by atoms with van der Waals surface area (Å²) in [4.78, 5) is 16.9. The van der Waals surface area contributed by atoms with Crippen molar-refractivity contribution in [3.05, 3.63) is 59.2 Å². The molecule has 0 bridgehead atoms. The predicted molar refractivity (Wildman–Crippen MR) is 94.8 cm³/mol. The van der Waals surface area contributed by atoms with Crippen LogP contribution in [-0.4, -0.2) is 26.3 Å². The van der Waals surface area contributed by atoms with Crippen molar-refractivity contribution in [2.24, 2.45) is 0 Å². The number of fused-ring (bicyclic) bond motifs is 1. The monoisotopic (exact) mass is 364 g/mol. The van der Waals surface area contributed by atoms with Crippen molar-refractivity contribution in [1.82, 2.24) is 20.3 Å². The number of rotatable bonds is 4. The molecule has 0 saturated heterocycles. The Bertz CT molecular complexity index is 1120. The van der Waals surface area contributed by atoms with E-state index in [2.05, 4.69) is 20.3 Å². The van der Waals surface area contributed by atoms with Gasteiger partial charge in [0.05, 0.1) is 16.6 Å². The Kier molecular flexibility index (Phi) is 4.15. The molecule has 4 rings (SSSR count). The lowest BCUT2D eigenvalue weighted by atomic mass is 10.1. The van der Waals surface area contributed by atoms with Crippen LogP contribution in [0.1, 0.15) is 40.7 Å². The first kappa shape index (κ1) is 16.9. The number of benzene rings is 1. The maximum Gasteiger partial charge on any atom is 0.339 e. The second kappa shape index (κ2) is 6.64. The fourth-order valence-corrected chi connectivity index (χ4v) is 2.75. The number of hydrogen-bond acceptors (Lipinski definition) is 8. The highest BCUT2D eigenvalue weighted by Crippen LogP contribution is 2.26. The first-order valence-electron chi connectivity index (χ1n) is 8.36. The Labute approximate surface area is 154 Å². The second-order valence-corrected chi connectivity index (χ2v) is 6.12. The minimum absolute atomic E-state index is 0.214. The molecule has 1 atom stereocenters. The molecule has 3 aromatic heterocycles. The highest BCUT2D eigenvalue weighted by Gasteiger charge is 2.24. The van der Waals surface area contributed by atoms with Crippen LogP contribution in [0.2, 0.25) is 0 Å². The number of ether oxygens (including phenoxy) is 1. The van der Waals surface area contributed by atoms with Crippen LogP contribution in [0.15, 0.2) is 45.3 Å². The summed E-state index contributed by atoms with van der Waals surface area (Å²) in [7, 11) is 0. The summed E-state index contributed by atoms with van der Waals surface area (Å²) in [5, 5.41) is 12.4. The zero-order chi connectivity index (χ0) is 19.0. The average Bonchev–Trinajstić information content (AvgIpc) is 3.29. The highest BCUT2D eigenvalue weighted by molar-refractivity contribution is 6.03. The number of nitrogens with zero attached hydrogens (tertiary/aromatic N) is 4. The lowest BCUT2D eigenvalue weighted by Gasteiger charge is -2.10. The van der Waals surface area contributed by atoms with E-state index >= 15 is 0 Å². The largest absolute Gasteiger partial charge is 0.449 e. The normalized spacial score (nSPS) is 12.3. The van der Waals surface area contributed by atoms with Gasteiger partial charge in [-0.05, 0) is 39.0 Å². The van der Waals surface area contributed by atoms with E-state index in [0.717, 1.165) is 5.56 Å². The van der Waals surface area contributed by atoms with Crippen molar-refractivity contribution in [1.29, 1.82) is 0 Å². The molecule has 0 N–H and O–H groups in total. The van der Waals surface area contributed by atoms with Gasteiger partial charge < -0.3 is 13.7 Å². The molecule has 0 fully saturated rings. The zero-order valence-electron chi connectivity index (χ0n) is 15.0. The summed E-state index contributed by atoms with van der Waals surface area (Å²) in [5.74, 6) is 0.0422. The molecular formula is C19H16N4O4. The summed E-state index contributed by atoms with van der Waals surface area (Å²) < 4.78 is 16.3. The molecule has 0 aliphatic heterocycles. The van der Waals surface area contributed by atoms with Gasteiger partial charge in [0.25, 0.3) is 11.6 Å². The standard InChI is InChI=1S/C19H16N4O4/c1-10-9-14(15-11(2)23-27-18(15)20-10)19(24)25-12(3)16-21-22-17(26-16)13-7-5-4-6-8-13/h4-9,12H,1-3H3/t12-/m0/s1. The number of esters is 1. The van der Waals surface area contributed by atoms with E-state index in [0.29, 0.717) is 33.9 Å². The Morgan fingerprint density at radius 1 is 1.15 bits per heavy atom. The maximum atomic E-state index is 12.7. The van der Waals surface area contributed by atoms with Crippen LogP contribution in [0, 0.1) is 13.8 Å². The highest BCUT2D eigenvalue weighted by atomic mass is 16.6. The molecule has 0 aliphatic rings. The first-order valence-corrected chi connectivity index (χ1v) is 8.36. The Hall–Kier alpha value is -3.55. The number of carbonyl (C=O) groups is 1. The molecule has 0 radical (unpaired) electrons. The molecule has 0 aliphatic carbocycles. The van der Waals surface area contributed by atoms with Crippen molar-refractivity contribution < 1.29 is 18.5 Å². The van der Waals surface area contributed by atoms with Crippen LogP contribution in [-0.2, 0) is 4.74 Å². The Morgan fingerprint density at radius 2 is 1.93 bits per heavy atom. The van der Waals surface area contributed by atoms with Gasteiger partial charge in [-0.25, -0.2) is 9.78 Å². The Balaban J connectivity index is 1.59. The molecular weight excluding hydrogens is 348 g/mol. The number of hydrogen-bond donors (Lipinski definition) is 0. The molecule has 0 spiro atoms. The number of aromatic nitrogens is 4. The van der Waals surface area contributed by atoms with Crippen LogP contribution in [0.4, 0.5) is 0 Å². The summed E-state index contributed by atoms with van der Waals surface area (Å²) in [6, 6.07) is 11.0. The van der Waals surface area contributed by atoms with Gasteiger partial charge in [-0.3, -0.25) is 0 Å². The fourth-order valence-electron chi connectivity index (χ4n) is 2.75. The predicted octanol–water partition coefficient (Wildman–Crippen LogP) is 3.81. The van der Waals surface area contributed by atoms with E-state index in [1.807, 2.05) is 30.3 Å². The number of aryl methyl sites for hydroxylation is 2. The molecule has 4 aromatic rings. The van der Waals surface area contributed by atoms with E-state index in [-0.39, 0.29) is 5.89 Å². The van der Waals surface area contributed by atoms with E-state index in [1.165, 1.54) is 0 Å². The number of pyridine rings is 1. The van der Waals surface area contributed by atoms with Crippen LogP contribution in [0.25, 0.3) is 22.6 Å². The van der Waals surface area contributed by atoms with Gasteiger partial charge in [-0.15, -0.1) is 10.2 Å². The third kappa shape index (κ3) is 3.17. The summed E-state index contributed by atoms with van der Waals surface area (Å²) >= 11 is 0. The van der Waals surface area contributed by atoms with Crippen molar-refractivity contribution in [3.8, 4) is 11.5 Å². The summed E-state index contributed by atoms with van der Waals surface area (Å²) in [6.45, 7) is 5.18. The van der Waals surface area contributed by atoms with Crippen LogP contribution in [0.3, 0.4) is 0 Å². The van der Waals surface area contributed by atoms with Gasteiger partial charge >= 0.3 is 5.97 Å². The van der Waals surface area contributed by atoms with Gasteiger partial charge in [0.2, 0.25) is 5.89 Å². The van der Waals surface area contributed by atoms with Crippen LogP contribution >= 0.6 is 0 Å². The number of carbonyl (C=O) groups excluding carboxylic acids is 1. The zero-order valence-corrected chi connectivity index (χ0v) is 15.0. The van der Waals surface area contributed by atoms with E-state index < -0.39 is 12.1 Å². The molecule has 8 nitrogen and oxygen atoms in total. The molecule has 0 unspecified atom stereocenters. The minimum atomic E-state index is -0.717. The van der Waals surface area contributed by atoms with Gasteiger partial charge in [-0.2, -0.15) is 0 Å². The lowest BCUT2D eigenvalue weighted by Crippen LogP contribution is -2.11. The third-order valence-corrected chi connectivity index (χ3v) is 4.06. The maximum absolute atomic E-state index is 12.7. The van der Waals surface area contributed by atoms with Gasteiger partial charge in [0.15, 0.2) is 6.10 Å². The lowest BCUT2D eigenvalue weighted by molar-refractivity contribution is 0.0282. The SMILES string of the molecule is Cc1cc(C(=O)O[C@@H](C)c2nnc(-c3ccccc3)o2)c2c(C)noc2n1. The van der Waals surface area contributed by atoms with Gasteiger partial charge in [-0.1, -0.05) is 23.4 Å². The van der Waals surface area contributed by atoms with Gasteiger partial charge in [0.1, 0.15) is 0 Å². The minimum Gasteiger partial charge on any atom is -0.449 e. The molecule has 0 amide bonds. The van der Waals surface area contributed by atoms with Crippen LogP contribution in [0.5, 0.6) is 0 Å². The third-order valence-electron chi connectivity index (χ3n) is 4.06. The molecule has 8 heteroatoms. The first-order chi connectivity index (χ1) is 13.0. The molecule has 136 valence electrons. The van der Waals surface area contributed by atoms with Crippen molar-refractivity contribution in [2.75, 3.05) is 0 Å². The second-order valence-electron chi connectivity index (χ2n) is 6.12. The van der Waals surface area contributed by atoms with Crippen molar-refractivity contribution in [3.63, 3.8) is 0 Å². The van der Waals surface area contributed by atoms with E-state index in [1.54, 1.807) is 26.8 Å². The van der Waals surface area contributed by atoms with E-state index in [9.17, 15) is 4.79 Å². The summed E-state index contributed by atoms with van der Waals surface area (Å²) in [5.41, 5.74) is 2.63. The molecule has 27 heavy (non-hydrogen) atoms. The quantitative estimate of drug-likeness (QED) is 0.504. The van der Waals surface area contributed by atoms with E-state index in [4.69, 9.17) is 13.7 Å². The molecule has 0 saturated carbocycles. The molecule has 3 heterocycles. The van der Waals surface area contributed by atoms with Crippen molar-refractivity contribution >= 4 is 17.1 Å². The summed E-state index contributed by atoms with van der Waals surface area (Å²) in [6.07, 6.45) is -0.717. The smallest absolute Gasteiger partial charge is 0.339 e. The average molecular weight is 364 g/mol. The fraction of sp³-hybridized carbons (Fsp3) is 0.211. The Morgan fingerprint density at radius 3 is 2.70 bits per heavy atom. The van der Waals surface area contributed by atoms with Crippen molar-refractivity contribution in [2.45, 2.75) is 26.9 Å². The van der Waals surface area contributed by atoms with Gasteiger partial charge in [0, 0.05) is 11.3 Å².